The van der Waals surface area contributed by atoms with Gasteiger partial charge in [-0.2, -0.15) is 0 Å². The molecule has 116 valence electrons. The lowest BCUT2D eigenvalue weighted by molar-refractivity contribution is -0.122. The minimum Gasteiger partial charge on any atom is -0.351 e. The minimum atomic E-state index is -0.865. The molecule has 1 aliphatic heterocycles. The van der Waals surface area contributed by atoms with Crippen molar-refractivity contribution in [2.45, 2.75) is 0 Å². The molecule has 0 saturated carbocycles. The van der Waals surface area contributed by atoms with Crippen LogP contribution in [0.4, 0.5) is 14.9 Å². The molecule has 2 aromatic rings. The molecule has 23 heavy (non-hydrogen) atoms. The van der Waals surface area contributed by atoms with Crippen LogP contribution in [0.2, 0.25) is 0 Å². The number of aryl methyl sites for hydroxylation is 1. The summed E-state index contributed by atoms with van der Waals surface area (Å²) in [7, 11) is 1.76. The van der Waals surface area contributed by atoms with E-state index in [0.717, 1.165) is 17.0 Å². The van der Waals surface area contributed by atoms with E-state index in [1.807, 2.05) is 0 Å². The van der Waals surface area contributed by atoms with Crippen molar-refractivity contribution in [3.63, 3.8) is 0 Å². The summed E-state index contributed by atoms with van der Waals surface area (Å²) >= 11 is 0. The van der Waals surface area contributed by atoms with Crippen LogP contribution in [0.25, 0.3) is 6.08 Å². The quantitative estimate of drug-likeness (QED) is 0.679. The first kappa shape index (κ1) is 14.7. The molecule has 0 unspecified atom stereocenters. The van der Waals surface area contributed by atoms with Gasteiger partial charge in [0.2, 0.25) is 0 Å². The Labute approximate surface area is 130 Å². The second-order valence-corrected chi connectivity index (χ2v) is 4.98. The average molecular weight is 313 g/mol. The van der Waals surface area contributed by atoms with E-state index >= 15 is 0 Å². The van der Waals surface area contributed by atoms with Crippen LogP contribution in [0, 0.1) is 5.82 Å². The zero-order valence-electron chi connectivity index (χ0n) is 12.1. The van der Waals surface area contributed by atoms with Gasteiger partial charge in [-0.25, -0.2) is 14.1 Å². The normalized spacial score (nSPS) is 16.9. The van der Waals surface area contributed by atoms with Crippen LogP contribution in [0.3, 0.4) is 0 Å². The third-order valence-corrected chi connectivity index (χ3v) is 3.46. The number of hydrogen-bond acceptors (Lipinski definition) is 3. The Hall–Kier alpha value is -3.22. The third-order valence-electron chi connectivity index (χ3n) is 3.46. The summed E-state index contributed by atoms with van der Waals surface area (Å²) in [6.07, 6.45) is 3.17. The number of amides is 4. The van der Waals surface area contributed by atoms with Gasteiger partial charge in [0.15, 0.2) is 0 Å². The Balaban J connectivity index is 2.02. The van der Waals surface area contributed by atoms with Crippen LogP contribution < -0.4 is 10.2 Å². The maximum absolute atomic E-state index is 13.0. The highest BCUT2D eigenvalue weighted by Crippen LogP contribution is 2.22. The Morgan fingerprint density at radius 2 is 1.78 bits per heavy atom. The Kier molecular flexibility index (Phi) is 3.53. The molecule has 7 heteroatoms. The van der Waals surface area contributed by atoms with Gasteiger partial charge in [-0.15, -0.1) is 0 Å². The number of anilines is 1. The SMILES string of the molecule is Cn1cccc1C=C1C(=O)NC(=O)N(c2ccc(F)cc2)C1=O. The molecule has 0 bridgehead atoms. The van der Waals surface area contributed by atoms with Gasteiger partial charge in [0.05, 0.1) is 5.69 Å². The van der Waals surface area contributed by atoms with E-state index in [2.05, 4.69) is 5.32 Å². The molecule has 0 radical (unpaired) electrons. The molecule has 1 N–H and O–H groups in total. The van der Waals surface area contributed by atoms with Gasteiger partial charge in [-0.1, -0.05) is 0 Å². The van der Waals surface area contributed by atoms with Gasteiger partial charge in [0.25, 0.3) is 11.8 Å². The van der Waals surface area contributed by atoms with E-state index in [4.69, 9.17) is 0 Å². The first-order valence-corrected chi connectivity index (χ1v) is 6.76. The van der Waals surface area contributed by atoms with Crippen LogP contribution >= 0.6 is 0 Å². The monoisotopic (exact) mass is 313 g/mol. The molecule has 1 saturated heterocycles. The van der Waals surface area contributed by atoms with Crippen molar-refractivity contribution in [1.29, 1.82) is 0 Å². The molecular formula is C16H12FN3O3. The van der Waals surface area contributed by atoms with Crippen LogP contribution in [0.15, 0.2) is 48.2 Å². The van der Waals surface area contributed by atoms with Crippen LogP contribution in [0.1, 0.15) is 5.69 Å². The highest BCUT2D eigenvalue weighted by atomic mass is 19.1. The molecule has 3 rings (SSSR count). The second-order valence-electron chi connectivity index (χ2n) is 4.98. The lowest BCUT2D eigenvalue weighted by atomic mass is 10.1. The van der Waals surface area contributed by atoms with Gasteiger partial charge in [-0.3, -0.25) is 14.9 Å². The van der Waals surface area contributed by atoms with E-state index in [-0.39, 0.29) is 11.3 Å². The first-order valence-electron chi connectivity index (χ1n) is 6.76. The molecule has 1 aromatic carbocycles. The molecule has 1 aromatic heterocycles. The molecule has 0 spiro atoms. The fourth-order valence-electron chi connectivity index (χ4n) is 2.25. The lowest BCUT2D eigenvalue weighted by Crippen LogP contribution is -2.54. The summed E-state index contributed by atoms with van der Waals surface area (Å²) < 4.78 is 14.7. The van der Waals surface area contributed by atoms with Crippen molar-refractivity contribution in [2.75, 3.05) is 4.90 Å². The van der Waals surface area contributed by atoms with Crippen LogP contribution in [0.5, 0.6) is 0 Å². The predicted octanol–water partition coefficient (Wildman–Crippen LogP) is 1.83. The number of urea groups is 1. The first-order chi connectivity index (χ1) is 11.0. The molecule has 0 aliphatic carbocycles. The number of aromatic nitrogens is 1. The van der Waals surface area contributed by atoms with Gasteiger partial charge in [0.1, 0.15) is 11.4 Å². The summed E-state index contributed by atoms with van der Waals surface area (Å²) in [6.45, 7) is 0. The number of barbiturate groups is 1. The van der Waals surface area contributed by atoms with E-state index < -0.39 is 23.7 Å². The zero-order valence-corrected chi connectivity index (χ0v) is 12.1. The van der Waals surface area contributed by atoms with Crippen LogP contribution in [-0.4, -0.2) is 22.4 Å². The number of benzene rings is 1. The number of imide groups is 2. The third kappa shape index (κ3) is 2.64. The van der Waals surface area contributed by atoms with Gasteiger partial charge in [-0.05, 0) is 42.5 Å². The van der Waals surface area contributed by atoms with Crippen molar-refractivity contribution >= 4 is 29.6 Å². The van der Waals surface area contributed by atoms with E-state index in [0.29, 0.717) is 5.69 Å². The summed E-state index contributed by atoms with van der Waals surface area (Å²) in [4.78, 5) is 37.3. The summed E-state index contributed by atoms with van der Waals surface area (Å²) in [5.74, 6) is -2.01. The molecule has 6 nitrogen and oxygen atoms in total. The fourth-order valence-corrected chi connectivity index (χ4v) is 2.25. The number of hydrogen-bond donors (Lipinski definition) is 1. The Morgan fingerprint density at radius 1 is 1.09 bits per heavy atom. The summed E-state index contributed by atoms with van der Waals surface area (Å²) in [5.41, 5.74) is 0.645. The van der Waals surface area contributed by atoms with E-state index in [9.17, 15) is 18.8 Å². The highest BCUT2D eigenvalue weighted by molar-refractivity contribution is 6.39. The molecule has 2 heterocycles. The van der Waals surface area contributed by atoms with Crippen molar-refractivity contribution in [1.82, 2.24) is 9.88 Å². The number of nitrogens with one attached hydrogen (secondary N) is 1. The molecular weight excluding hydrogens is 301 g/mol. The summed E-state index contributed by atoms with van der Waals surface area (Å²) in [6, 6.07) is 7.48. The predicted molar refractivity (Wildman–Crippen MR) is 80.8 cm³/mol. The topological polar surface area (TPSA) is 71.4 Å². The van der Waals surface area contributed by atoms with Gasteiger partial charge < -0.3 is 4.57 Å². The van der Waals surface area contributed by atoms with Gasteiger partial charge in [0, 0.05) is 18.9 Å². The minimum absolute atomic E-state index is 0.171. The zero-order chi connectivity index (χ0) is 16.6. The Morgan fingerprint density at radius 3 is 2.39 bits per heavy atom. The number of nitrogens with zero attached hydrogens (tertiary/aromatic N) is 2. The van der Waals surface area contributed by atoms with Crippen molar-refractivity contribution in [3.05, 3.63) is 59.7 Å². The summed E-state index contributed by atoms with van der Waals surface area (Å²) in [5, 5.41) is 2.11. The maximum atomic E-state index is 13.0. The number of carbonyl (C=O) groups is 3. The molecule has 0 atom stereocenters. The number of carbonyl (C=O) groups excluding carboxylic acids is 3. The smallest absolute Gasteiger partial charge is 0.335 e. The average Bonchev–Trinajstić information content (AvgIpc) is 2.90. The molecule has 4 amide bonds. The van der Waals surface area contributed by atoms with E-state index in [1.54, 1.807) is 29.9 Å². The van der Waals surface area contributed by atoms with E-state index in [1.165, 1.54) is 18.2 Å². The van der Waals surface area contributed by atoms with Gasteiger partial charge >= 0.3 is 6.03 Å². The fraction of sp³-hybridized carbons (Fsp3) is 0.0625. The molecule has 1 aliphatic rings. The highest BCUT2D eigenvalue weighted by Gasteiger charge is 2.36. The van der Waals surface area contributed by atoms with Crippen molar-refractivity contribution < 1.29 is 18.8 Å². The molecule has 1 fully saturated rings. The lowest BCUT2D eigenvalue weighted by Gasteiger charge is -2.26. The number of halogens is 1. The van der Waals surface area contributed by atoms with Crippen LogP contribution in [-0.2, 0) is 16.6 Å². The second kappa shape index (κ2) is 5.53. The largest absolute Gasteiger partial charge is 0.351 e. The Bertz CT molecular complexity index is 837. The standard InChI is InChI=1S/C16H12FN3O3/c1-19-8-2-3-12(19)9-13-14(21)18-16(23)20(15(13)22)11-6-4-10(17)5-7-11/h2-9H,1H3,(H,18,21,23). The van der Waals surface area contributed by atoms with Crippen molar-refractivity contribution in [2.24, 2.45) is 7.05 Å². The van der Waals surface area contributed by atoms with Crippen molar-refractivity contribution in [3.8, 4) is 0 Å². The number of rotatable bonds is 2. The maximum Gasteiger partial charge on any atom is 0.335 e.